The zero-order chi connectivity index (χ0) is 12.3. The van der Waals surface area contributed by atoms with Crippen LogP contribution in [0.25, 0.3) is 0 Å². The van der Waals surface area contributed by atoms with Crippen molar-refractivity contribution < 1.29 is 4.39 Å². The summed E-state index contributed by atoms with van der Waals surface area (Å²) in [5.74, 6) is -0.286. The van der Waals surface area contributed by atoms with Gasteiger partial charge in [0.15, 0.2) is 0 Å². The number of rotatable bonds is 4. The van der Waals surface area contributed by atoms with Crippen molar-refractivity contribution in [2.75, 3.05) is 17.6 Å². The Hall–Kier alpha value is -1.62. The molecule has 0 unspecified atom stereocenters. The number of aryl methyl sites for hydroxylation is 1. The number of thiazole rings is 1. The number of halogens is 1. The molecule has 0 amide bonds. The van der Waals surface area contributed by atoms with Crippen LogP contribution in [0.4, 0.5) is 15.8 Å². The van der Waals surface area contributed by atoms with E-state index in [1.807, 2.05) is 12.3 Å². The summed E-state index contributed by atoms with van der Waals surface area (Å²) in [6, 6.07) is 4.32. The van der Waals surface area contributed by atoms with Crippen molar-refractivity contribution in [3.8, 4) is 0 Å². The number of anilines is 2. The zero-order valence-electron chi connectivity index (χ0n) is 9.53. The van der Waals surface area contributed by atoms with Gasteiger partial charge in [0.2, 0.25) is 0 Å². The van der Waals surface area contributed by atoms with Crippen LogP contribution in [0.5, 0.6) is 0 Å². The Kier molecular flexibility index (Phi) is 3.58. The third kappa shape index (κ3) is 3.17. The number of aromatic nitrogens is 1. The van der Waals surface area contributed by atoms with Gasteiger partial charge in [0.25, 0.3) is 0 Å². The number of nitrogens with two attached hydrogens (primary N) is 1. The molecule has 2 rings (SSSR count). The maximum absolute atomic E-state index is 13.0. The molecule has 1 heterocycles. The molecular weight excluding hydrogens is 237 g/mol. The van der Waals surface area contributed by atoms with Crippen molar-refractivity contribution in [2.24, 2.45) is 0 Å². The molecule has 0 aliphatic carbocycles. The molecule has 2 aromatic rings. The summed E-state index contributed by atoms with van der Waals surface area (Å²) in [7, 11) is 0. The van der Waals surface area contributed by atoms with Gasteiger partial charge >= 0.3 is 0 Å². The Labute approximate surface area is 103 Å². The van der Waals surface area contributed by atoms with Gasteiger partial charge in [0.1, 0.15) is 5.82 Å². The van der Waals surface area contributed by atoms with Crippen LogP contribution in [0.2, 0.25) is 0 Å². The van der Waals surface area contributed by atoms with Crippen molar-refractivity contribution in [1.29, 1.82) is 0 Å². The number of nitrogens with zero attached hydrogens (tertiary/aromatic N) is 1. The van der Waals surface area contributed by atoms with Crippen LogP contribution >= 0.6 is 11.3 Å². The Bertz CT molecular complexity index is 510. The van der Waals surface area contributed by atoms with E-state index in [1.165, 1.54) is 12.1 Å². The second kappa shape index (κ2) is 5.14. The molecule has 0 fully saturated rings. The van der Waals surface area contributed by atoms with E-state index in [9.17, 15) is 4.39 Å². The highest BCUT2D eigenvalue weighted by Gasteiger charge is 2.02. The normalized spacial score (nSPS) is 10.5. The molecule has 0 saturated carbocycles. The molecule has 17 heavy (non-hydrogen) atoms. The van der Waals surface area contributed by atoms with Crippen LogP contribution in [-0.4, -0.2) is 11.5 Å². The number of benzene rings is 1. The zero-order valence-corrected chi connectivity index (χ0v) is 10.4. The minimum absolute atomic E-state index is 0.286. The third-order valence-corrected chi connectivity index (χ3v) is 3.20. The van der Waals surface area contributed by atoms with Crippen LogP contribution in [0.15, 0.2) is 23.6 Å². The summed E-state index contributed by atoms with van der Waals surface area (Å²) in [6.07, 6.45) is 0.806. The fraction of sp³-hybridized carbons (Fsp3) is 0.250. The van der Waals surface area contributed by atoms with Crippen LogP contribution in [0, 0.1) is 12.7 Å². The van der Waals surface area contributed by atoms with Gasteiger partial charge in [-0.05, 0) is 25.1 Å². The largest absolute Gasteiger partial charge is 0.397 e. The Balaban J connectivity index is 1.91. The van der Waals surface area contributed by atoms with Crippen molar-refractivity contribution in [2.45, 2.75) is 13.3 Å². The lowest BCUT2D eigenvalue weighted by molar-refractivity contribution is 0.628. The molecular formula is C12H14FN3S. The monoisotopic (exact) mass is 251 g/mol. The molecule has 0 atom stereocenters. The van der Waals surface area contributed by atoms with Gasteiger partial charge in [-0.15, -0.1) is 11.3 Å². The second-order valence-electron chi connectivity index (χ2n) is 3.77. The Morgan fingerprint density at radius 3 is 3.00 bits per heavy atom. The van der Waals surface area contributed by atoms with Crippen LogP contribution < -0.4 is 11.1 Å². The fourth-order valence-corrected chi connectivity index (χ4v) is 2.18. The summed E-state index contributed by atoms with van der Waals surface area (Å²) < 4.78 is 13.0. The average Bonchev–Trinajstić information content (AvgIpc) is 2.69. The first-order chi connectivity index (χ1) is 8.15. The molecule has 0 saturated heterocycles. The molecule has 0 radical (unpaired) electrons. The lowest BCUT2D eigenvalue weighted by Gasteiger charge is -2.08. The number of hydrogen-bond donors (Lipinski definition) is 2. The Morgan fingerprint density at radius 1 is 1.47 bits per heavy atom. The first-order valence-corrected chi connectivity index (χ1v) is 6.23. The predicted octanol–water partition coefficient (Wildman–Crippen LogP) is 2.83. The van der Waals surface area contributed by atoms with Gasteiger partial charge in [-0.2, -0.15) is 0 Å². The number of nitrogen functional groups attached to an aromatic ring is 1. The van der Waals surface area contributed by atoms with Crippen molar-refractivity contribution in [3.63, 3.8) is 0 Å². The van der Waals surface area contributed by atoms with Gasteiger partial charge in [-0.3, -0.25) is 0 Å². The molecule has 3 nitrogen and oxygen atoms in total. The predicted molar refractivity (Wildman–Crippen MR) is 69.9 cm³/mol. The van der Waals surface area contributed by atoms with E-state index in [0.29, 0.717) is 17.9 Å². The van der Waals surface area contributed by atoms with E-state index >= 15 is 0 Å². The highest BCUT2D eigenvalue weighted by Crippen LogP contribution is 2.19. The fourth-order valence-electron chi connectivity index (χ4n) is 1.53. The minimum atomic E-state index is -0.286. The number of hydrogen-bond acceptors (Lipinski definition) is 4. The topological polar surface area (TPSA) is 50.9 Å². The minimum Gasteiger partial charge on any atom is -0.397 e. The molecule has 0 aliphatic heterocycles. The summed E-state index contributed by atoms with van der Waals surface area (Å²) in [4.78, 5) is 4.36. The summed E-state index contributed by atoms with van der Waals surface area (Å²) in [5.41, 5.74) is 7.97. The highest BCUT2D eigenvalue weighted by molar-refractivity contribution is 7.09. The molecule has 0 spiro atoms. The van der Waals surface area contributed by atoms with E-state index in [4.69, 9.17) is 5.73 Å². The van der Waals surface area contributed by atoms with Crippen LogP contribution in [-0.2, 0) is 6.42 Å². The van der Waals surface area contributed by atoms with E-state index in [2.05, 4.69) is 10.3 Å². The standard InChI is InChI=1S/C12H14FN3S/c1-8-16-10(7-17-8)4-5-15-12-6-9(13)2-3-11(12)14/h2-3,6-7,15H,4-5,14H2,1H3. The Morgan fingerprint density at radius 2 is 2.29 bits per heavy atom. The van der Waals surface area contributed by atoms with Gasteiger partial charge in [0.05, 0.1) is 22.1 Å². The summed E-state index contributed by atoms with van der Waals surface area (Å²) in [6.45, 7) is 2.67. The maximum Gasteiger partial charge on any atom is 0.125 e. The quantitative estimate of drug-likeness (QED) is 0.821. The van der Waals surface area contributed by atoms with E-state index in [1.54, 1.807) is 17.4 Å². The molecule has 0 bridgehead atoms. The molecule has 90 valence electrons. The lowest BCUT2D eigenvalue weighted by atomic mass is 10.2. The van der Waals surface area contributed by atoms with Gasteiger partial charge in [-0.1, -0.05) is 0 Å². The van der Waals surface area contributed by atoms with Crippen molar-refractivity contribution >= 4 is 22.7 Å². The maximum atomic E-state index is 13.0. The molecule has 5 heteroatoms. The lowest BCUT2D eigenvalue weighted by Crippen LogP contribution is -2.07. The van der Waals surface area contributed by atoms with Crippen LogP contribution in [0.1, 0.15) is 10.7 Å². The summed E-state index contributed by atoms with van der Waals surface area (Å²) >= 11 is 1.63. The van der Waals surface area contributed by atoms with Gasteiger partial charge in [-0.25, -0.2) is 9.37 Å². The van der Waals surface area contributed by atoms with Gasteiger partial charge < -0.3 is 11.1 Å². The molecule has 3 N–H and O–H groups in total. The molecule has 1 aromatic carbocycles. The molecule has 0 aliphatic rings. The second-order valence-corrected chi connectivity index (χ2v) is 4.83. The van der Waals surface area contributed by atoms with Crippen LogP contribution in [0.3, 0.4) is 0 Å². The van der Waals surface area contributed by atoms with Crippen molar-refractivity contribution in [3.05, 3.63) is 40.1 Å². The SMILES string of the molecule is Cc1nc(CCNc2cc(F)ccc2N)cs1. The number of nitrogens with one attached hydrogen (secondary N) is 1. The van der Waals surface area contributed by atoms with E-state index in [-0.39, 0.29) is 5.82 Å². The van der Waals surface area contributed by atoms with E-state index in [0.717, 1.165) is 17.1 Å². The average molecular weight is 251 g/mol. The molecule has 1 aromatic heterocycles. The smallest absolute Gasteiger partial charge is 0.125 e. The van der Waals surface area contributed by atoms with Gasteiger partial charge in [0, 0.05) is 18.3 Å². The summed E-state index contributed by atoms with van der Waals surface area (Å²) in [5, 5.41) is 6.21. The third-order valence-electron chi connectivity index (χ3n) is 2.38. The first kappa shape index (κ1) is 11.9. The van der Waals surface area contributed by atoms with E-state index < -0.39 is 0 Å². The first-order valence-electron chi connectivity index (χ1n) is 5.35. The highest BCUT2D eigenvalue weighted by atomic mass is 32.1. The van der Waals surface area contributed by atoms with Crippen molar-refractivity contribution in [1.82, 2.24) is 4.98 Å².